The third kappa shape index (κ3) is 2.92. The number of benzene rings is 2. The third-order valence-corrected chi connectivity index (χ3v) is 3.96. The number of carbonyl (C=O) groups is 1. The molecule has 2 aromatic rings. The molecule has 108 valence electrons. The third-order valence-electron chi connectivity index (χ3n) is 3.96. The normalized spacial score (nSPS) is 13.0. The molecule has 0 aliphatic heterocycles. The van der Waals surface area contributed by atoms with Crippen molar-refractivity contribution in [2.75, 3.05) is 5.73 Å². The molecule has 0 unspecified atom stereocenters. The van der Waals surface area contributed by atoms with Crippen molar-refractivity contribution in [1.82, 2.24) is 0 Å². The first-order valence-corrected chi connectivity index (χ1v) is 7.27. The Balaban J connectivity index is 1.70. The molecular weight excluding hydrogens is 262 g/mol. The minimum Gasteiger partial charge on any atom is -0.457 e. The van der Waals surface area contributed by atoms with Crippen LogP contribution in [0, 0.1) is 6.92 Å². The largest absolute Gasteiger partial charge is 0.457 e. The van der Waals surface area contributed by atoms with Gasteiger partial charge in [-0.3, -0.25) is 0 Å². The van der Waals surface area contributed by atoms with Crippen LogP contribution in [-0.2, 0) is 24.2 Å². The van der Waals surface area contributed by atoms with Crippen LogP contribution in [0.3, 0.4) is 0 Å². The van der Waals surface area contributed by atoms with Crippen molar-refractivity contribution in [3.8, 4) is 0 Å². The maximum Gasteiger partial charge on any atom is 0.340 e. The van der Waals surface area contributed by atoms with Crippen molar-refractivity contribution in [3.63, 3.8) is 0 Å². The van der Waals surface area contributed by atoms with Crippen LogP contribution in [0.15, 0.2) is 36.4 Å². The predicted molar refractivity (Wildman–Crippen MR) is 83.2 cm³/mol. The van der Waals surface area contributed by atoms with Crippen LogP contribution in [0.1, 0.15) is 39.0 Å². The Kier molecular flexibility index (Phi) is 3.65. The van der Waals surface area contributed by atoms with E-state index in [1.165, 1.54) is 17.5 Å². The molecular formula is C18H19NO2. The van der Waals surface area contributed by atoms with Gasteiger partial charge in [-0.25, -0.2) is 4.79 Å². The van der Waals surface area contributed by atoms with E-state index in [4.69, 9.17) is 10.5 Å². The van der Waals surface area contributed by atoms with E-state index < -0.39 is 0 Å². The molecule has 3 heteroatoms. The van der Waals surface area contributed by atoms with Crippen LogP contribution in [-0.4, -0.2) is 5.97 Å². The number of rotatable bonds is 3. The fourth-order valence-corrected chi connectivity index (χ4v) is 2.79. The molecule has 0 spiro atoms. The molecule has 2 N–H and O–H groups in total. The number of ether oxygens (including phenoxy) is 1. The van der Waals surface area contributed by atoms with Gasteiger partial charge in [0.15, 0.2) is 0 Å². The average molecular weight is 281 g/mol. The highest BCUT2D eigenvalue weighted by atomic mass is 16.5. The van der Waals surface area contributed by atoms with Gasteiger partial charge < -0.3 is 10.5 Å². The van der Waals surface area contributed by atoms with E-state index >= 15 is 0 Å². The summed E-state index contributed by atoms with van der Waals surface area (Å²) < 4.78 is 5.39. The Morgan fingerprint density at radius 3 is 2.81 bits per heavy atom. The SMILES string of the molecule is Cc1ccc(N)c(C(=O)OCc2ccc3c(c2)CCC3)c1. The molecule has 0 heterocycles. The Morgan fingerprint density at radius 2 is 1.95 bits per heavy atom. The summed E-state index contributed by atoms with van der Waals surface area (Å²) in [6, 6.07) is 11.7. The summed E-state index contributed by atoms with van der Waals surface area (Å²) in [7, 11) is 0. The topological polar surface area (TPSA) is 52.3 Å². The quantitative estimate of drug-likeness (QED) is 0.692. The van der Waals surface area contributed by atoms with Gasteiger partial charge in [-0.2, -0.15) is 0 Å². The summed E-state index contributed by atoms with van der Waals surface area (Å²) in [5.74, 6) is -0.364. The number of hydrogen-bond donors (Lipinski definition) is 1. The fourth-order valence-electron chi connectivity index (χ4n) is 2.79. The summed E-state index contributed by atoms with van der Waals surface area (Å²) in [6.45, 7) is 2.22. The second-order valence-corrected chi connectivity index (χ2v) is 5.62. The molecule has 0 atom stereocenters. The molecule has 21 heavy (non-hydrogen) atoms. The molecule has 0 radical (unpaired) electrons. The van der Waals surface area contributed by atoms with Gasteiger partial charge >= 0.3 is 5.97 Å². The zero-order chi connectivity index (χ0) is 14.8. The second-order valence-electron chi connectivity index (χ2n) is 5.62. The molecule has 0 amide bonds. The minimum atomic E-state index is -0.364. The van der Waals surface area contributed by atoms with Gasteiger partial charge in [0, 0.05) is 5.69 Å². The maximum atomic E-state index is 12.1. The Labute approximate surface area is 124 Å². The van der Waals surface area contributed by atoms with E-state index in [0.29, 0.717) is 17.9 Å². The summed E-state index contributed by atoms with van der Waals surface area (Å²) in [6.07, 6.45) is 3.51. The molecule has 3 nitrogen and oxygen atoms in total. The molecule has 0 saturated carbocycles. The van der Waals surface area contributed by atoms with Gasteiger partial charge in [-0.15, -0.1) is 0 Å². The van der Waals surface area contributed by atoms with Crippen LogP contribution in [0.4, 0.5) is 5.69 Å². The molecule has 0 saturated heterocycles. The highest BCUT2D eigenvalue weighted by Gasteiger charge is 2.14. The van der Waals surface area contributed by atoms with Crippen molar-refractivity contribution < 1.29 is 9.53 Å². The van der Waals surface area contributed by atoms with Crippen molar-refractivity contribution in [2.24, 2.45) is 0 Å². The van der Waals surface area contributed by atoms with E-state index in [0.717, 1.165) is 24.0 Å². The van der Waals surface area contributed by atoms with Crippen molar-refractivity contribution in [1.29, 1.82) is 0 Å². The second kappa shape index (κ2) is 5.60. The van der Waals surface area contributed by atoms with E-state index in [2.05, 4.69) is 12.1 Å². The molecule has 0 aromatic heterocycles. The number of carbonyl (C=O) groups excluding carboxylic acids is 1. The van der Waals surface area contributed by atoms with Crippen LogP contribution in [0.25, 0.3) is 0 Å². The number of anilines is 1. The molecule has 1 aliphatic rings. The summed E-state index contributed by atoms with van der Waals surface area (Å²) >= 11 is 0. The highest BCUT2D eigenvalue weighted by molar-refractivity contribution is 5.95. The standard InChI is InChI=1S/C18H19NO2/c1-12-5-8-17(19)16(9-12)18(20)21-11-13-6-7-14-3-2-4-15(14)10-13/h5-10H,2-4,11,19H2,1H3. The number of aryl methyl sites for hydroxylation is 3. The van der Waals surface area contributed by atoms with Gasteiger partial charge in [0.05, 0.1) is 5.56 Å². The number of nitrogens with two attached hydrogens (primary N) is 1. The maximum absolute atomic E-state index is 12.1. The van der Waals surface area contributed by atoms with Crippen LogP contribution in [0.2, 0.25) is 0 Å². The Bertz CT molecular complexity index is 692. The van der Waals surface area contributed by atoms with E-state index in [9.17, 15) is 4.79 Å². The Hall–Kier alpha value is -2.29. The summed E-state index contributed by atoms with van der Waals surface area (Å²) in [5, 5.41) is 0. The Morgan fingerprint density at radius 1 is 1.14 bits per heavy atom. The first-order valence-electron chi connectivity index (χ1n) is 7.27. The smallest absolute Gasteiger partial charge is 0.340 e. The molecule has 3 rings (SSSR count). The lowest BCUT2D eigenvalue weighted by Gasteiger charge is -2.09. The monoisotopic (exact) mass is 281 g/mol. The first kappa shape index (κ1) is 13.7. The van der Waals surface area contributed by atoms with Crippen molar-refractivity contribution in [2.45, 2.75) is 32.8 Å². The minimum absolute atomic E-state index is 0.291. The van der Waals surface area contributed by atoms with E-state index in [1.807, 2.05) is 19.1 Å². The van der Waals surface area contributed by atoms with Gasteiger partial charge in [0.1, 0.15) is 6.61 Å². The first-order chi connectivity index (χ1) is 10.1. The number of hydrogen-bond acceptors (Lipinski definition) is 3. The summed E-state index contributed by atoms with van der Waals surface area (Å²) in [5.41, 5.74) is 11.6. The van der Waals surface area contributed by atoms with Gasteiger partial charge in [-0.05, 0) is 55.0 Å². The highest BCUT2D eigenvalue weighted by Crippen LogP contribution is 2.23. The molecule has 0 fully saturated rings. The van der Waals surface area contributed by atoms with Gasteiger partial charge in [0.2, 0.25) is 0 Å². The van der Waals surface area contributed by atoms with Crippen molar-refractivity contribution in [3.05, 3.63) is 64.2 Å². The lowest BCUT2D eigenvalue weighted by molar-refractivity contribution is 0.0474. The van der Waals surface area contributed by atoms with E-state index in [1.54, 1.807) is 12.1 Å². The molecule has 0 bridgehead atoms. The zero-order valence-corrected chi connectivity index (χ0v) is 12.2. The molecule has 1 aliphatic carbocycles. The summed E-state index contributed by atoms with van der Waals surface area (Å²) in [4.78, 5) is 12.1. The number of nitrogen functional groups attached to an aromatic ring is 1. The van der Waals surface area contributed by atoms with Crippen LogP contribution in [0.5, 0.6) is 0 Å². The van der Waals surface area contributed by atoms with Gasteiger partial charge in [0.25, 0.3) is 0 Å². The van der Waals surface area contributed by atoms with Crippen LogP contribution >= 0.6 is 0 Å². The van der Waals surface area contributed by atoms with E-state index in [-0.39, 0.29) is 5.97 Å². The fraction of sp³-hybridized carbons (Fsp3) is 0.278. The molecule has 2 aromatic carbocycles. The average Bonchev–Trinajstić information content (AvgIpc) is 2.94. The lowest BCUT2D eigenvalue weighted by Crippen LogP contribution is -2.08. The van der Waals surface area contributed by atoms with Crippen LogP contribution < -0.4 is 5.73 Å². The van der Waals surface area contributed by atoms with Gasteiger partial charge in [-0.1, -0.05) is 29.8 Å². The lowest BCUT2D eigenvalue weighted by atomic mass is 10.1. The predicted octanol–water partition coefficient (Wildman–Crippen LogP) is 3.42. The zero-order valence-electron chi connectivity index (χ0n) is 12.2. The number of esters is 1. The number of fused-ring (bicyclic) bond motifs is 1. The van der Waals surface area contributed by atoms with Crippen molar-refractivity contribution >= 4 is 11.7 Å².